The highest BCUT2D eigenvalue weighted by molar-refractivity contribution is 7.81. The first-order valence-electron chi connectivity index (χ1n) is 11.0. The van der Waals surface area contributed by atoms with Crippen LogP contribution in [0.1, 0.15) is 30.5 Å². The highest BCUT2D eigenvalue weighted by Gasteiger charge is 2.60. The quantitative estimate of drug-likeness (QED) is 0.666. The monoisotopic (exact) mass is 486 g/mol. The summed E-state index contributed by atoms with van der Waals surface area (Å²) in [5.41, 5.74) is -1.83. The number of alkyl halides is 3. The van der Waals surface area contributed by atoms with E-state index in [1.54, 1.807) is 4.90 Å². The second-order valence-electron chi connectivity index (χ2n) is 8.56. The fourth-order valence-electron chi connectivity index (χ4n) is 4.93. The Morgan fingerprint density at radius 2 is 1.74 bits per heavy atom. The van der Waals surface area contributed by atoms with Gasteiger partial charge in [-0.3, -0.25) is 9.69 Å². The highest BCUT2D eigenvalue weighted by atomic mass is 32.1. The number of aromatic nitrogens is 1. The minimum atomic E-state index is -4.88. The predicted molar refractivity (Wildman–Crippen MR) is 125 cm³/mol. The van der Waals surface area contributed by atoms with E-state index in [0.29, 0.717) is 18.5 Å². The van der Waals surface area contributed by atoms with Gasteiger partial charge >= 0.3 is 6.18 Å². The number of thiocarbonyl (C=S) groups is 1. The SMILES string of the molecule is N#Cc1nccc(N2C(=O)C3(CCC3)N(c3ccc(N4CCNCC4)cc3)C2=S)c1C(F)(F)F. The van der Waals surface area contributed by atoms with Crippen LogP contribution in [0.5, 0.6) is 0 Å². The number of nitrogens with one attached hydrogen (secondary N) is 1. The number of hydrogen-bond donors (Lipinski definition) is 1. The number of piperazine rings is 1. The van der Waals surface area contributed by atoms with Crippen LogP contribution >= 0.6 is 12.2 Å². The van der Waals surface area contributed by atoms with Crippen LogP contribution in [0.15, 0.2) is 36.5 Å². The van der Waals surface area contributed by atoms with Crippen LogP contribution in [0.4, 0.5) is 30.2 Å². The maximum atomic E-state index is 13.9. The van der Waals surface area contributed by atoms with Crippen molar-refractivity contribution in [1.82, 2.24) is 10.3 Å². The summed E-state index contributed by atoms with van der Waals surface area (Å²) in [7, 11) is 0. The minimum Gasteiger partial charge on any atom is -0.369 e. The molecule has 5 rings (SSSR count). The molecule has 0 unspecified atom stereocenters. The van der Waals surface area contributed by atoms with Crippen molar-refractivity contribution >= 4 is 40.3 Å². The zero-order valence-corrected chi connectivity index (χ0v) is 18.9. The molecule has 3 fully saturated rings. The molecule has 176 valence electrons. The maximum Gasteiger partial charge on any atom is 0.421 e. The molecule has 1 aromatic heterocycles. The van der Waals surface area contributed by atoms with E-state index in [2.05, 4.69) is 15.2 Å². The average Bonchev–Trinajstić information content (AvgIpc) is 3.05. The van der Waals surface area contributed by atoms with E-state index in [9.17, 15) is 23.2 Å². The molecule has 1 aromatic carbocycles. The Labute approximate surface area is 199 Å². The molecule has 1 N–H and O–H groups in total. The van der Waals surface area contributed by atoms with Gasteiger partial charge in [0.15, 0.2) is 10.8 Å². The van der Waals surface area contributed by atoms with E-state index in [-0.39, 0.29) is 5.11 Å². The van der Waals surface area contributed by atoms with Crippen LogP contribution in [0, 0.1) is 11.3 Å². The Balaban J connectivity index is 1.55. The van der Waals surface area contributed by atoms with Gasteiger partial charge in [0, 0.05) is 43.8 Å². The Bertz CT molecular complexity index is 1180. The molecule has 34 heavy (non-hydrogen) atoms. The molecule has 7 nitrogen and oxygen atoms in total. The predicted octanol–water partition coefficient (Wildman–Crippen LogP) is 3.44. The van der Waals surface area contributed by atoms with Gasteiger partial charge in [0.05, 0.1) is 5.69 Å². The van der Waals surface area contributed by atoms with Gasteiger partial charge in [0.1, 0.15) is 17.2 Å². The number of nitrogens with zero attached hydrogens (tertiary/aromatic N) is 5. The van der Waals surface area contributed by atoms with Gasteiger partial charge in [-0.1, -0.05) is 0 Å². The fraction of sp³-hybridized carbons (Fsp3) is 0.391. The second-order valence-corrected chi connectivity index (χ2v) is 8.93. The van der Waals surface area contributed by atoms with Gasteiger partial charge in [-0.2, -0.15) is 18.4 Å². The maximum absolute atomic E-state index is 13.9. The number of hydrogen-bond acceptors (Lipinski definition) is 6. The van der Waals surface area contributed by atoms with Crippen molar-refractivity contribution in [1.29, 1.82) is 5.26 Å². The van der Waals surface area contributed by atoms with Gasteiger partial charge in [-0.05, 0) is 61.8 Å². The molecule has 0 bridgehead atoms. The summed E-state index contributed by atoms with van der Waals surface area (Å²) in [5.74, 6) is -0.504. The lowest BCUT2D eigenvalue weighted by atomic mass is 9.75. The van der Waals surface area contributed by atoms with Gasteiger partial charge in [-0.25, -0.2) is 4.98 Å². The molecular formula is C23H21F3N6OS. The largest absolute Gasteiger partial charge is 0.421 e. The van der Waals surface area contributed by atoms with Crippen molar-refractivity contribution in [3.8, 4) is 6.07 Å². The number of nitriles is 1. The van der Waals surface area contributed by atoms with Crippen LogP contribution in [-0.2, 0) is 11.0 Å². The summed E-state index contributed by atoms with van der Waals surface area (Å²) in [6.07, 6.45) is -2.05. The van der Waals surface area contributed by atoms with E-state index in [1.807, 2.05) is 24.3 Å². The lowest BCUT2D eigenvalue weighted by molar-refractivity contribution is -0.137. The Morgan fingerprint density at radius 1 is 1.09 bits per heavy atom. The number of pyridine rings is 1. The topological polar surface area (TPSA) is 75.5 Å². The number of rotatable bonds is 3. The van der Waals surface area contributed by atoms with E-state index >= 15 is 0 Å². The van der Waals surface area contributed by atoms with Crippen LogP contribution < -0.4 is 20.0 Å². The van der Waals surface area contributed by atoms with Crippen LogP contribution in [0.25, 0.3) is 0 Å². The molecule has 1 spiro atoms. The van der Waals surface area contributed by atoms with Crippen molar-refractivity contribution in [3.63, 3.8) is 0 Å². The van der Waals surface area contributed by atoms with Crippen LogP contribution in [0.3, 0.4) is 0 Å². The lowest BCUT2D eigenvalue weighted by Gasteiger charge is -2.43. The summed E-state index contributed by atoms with van der Waals surface area (Å²) in [5, 5.41) is 12.5. The Hall–Kier alpha value is -3.23. The zero-order chi connectivity index (χ0) is 24.1. The van der Waals surface area contributed by atoms with Crippen molar-refractivity contribution in [2.45, 2.75) is 31.0 Å². The van der Waals surface area contributed by atoms with Gasteiger partial charge in [0.25, 0.3) is 5.91 Å². The normalized spacial score (nSPS) is 20.0. The number of anilines is 3. The number of benzene rings is 1. The molecule has 0 atom stereocenters. The van der Waals surface area contributed by atoms with Gasteiger partial charge in [0.2, 0.25) is 0 Å². The molecule has 1 aliphatic carbocycles. The second kappa shape index (κ2) is 8.21. The molecule has 1 saturated carbocycles. The fourth-order valence-corrected chi connectivity index (χ4v) is 5.39. The summed E-state index contributed by atoms with van der Waals surface area (Å²) in [4.78, 5) is 22.0. The number of amides is 1. The minimum absolute atomic E-state index is 0.0276. The summed E-state index contributed by atoms with van der Waals surface area (Å²) in [6.45, 7) is 3.54. The zero-order valence-electron chi connectivity index (χ0n) is 18.1. The summed E-state index contributed by atoms with van der Waals surface area (Å²) < 4.78 is 41.8. The van der Waals surface area contributed by atoms with Crippen LogP contribution in [0.2, 0.25) is 0 Å². The summed E-state index contributed by atoms with van der Waals surface area (Å²) >= 11 is 5.61. The number of carbonyl (C=O) groups excluding carboxylic acids is 1. The van der Waals surface area contributed by atoms with Crippen molar-refractivity contribution < 1.29 is 18.0 Å². The third kappa shape index (κ3) is 3.40. The Morgan fingerprint density at radius 3 is 2.29 bits per heavy atom. The van der Waals surface area contributed by atoms with E-state index in [4.69, 9.17) is 12.2 Å². The molecule has 2 saturated heterocycles. The molecule has 2 aliphatic heterocycles. The highest BCUT2D eigenvalue weighted by Crippen LogP contribution is 2.49. The van der Waals surface area contributed by atoms with Crippen LogP contribution in [-0.4, -0.2) is 47.7 Å². The van der Waals surface area contributed by atoms with E-state index in [0.717, 1.165) is 55.5 Å². The van der Waals surface area contributed by atoms with Crippen molar-refractivity contribution in [2.24, 2.45) is 0 Å². The van der Waals surface area contributed by atoms with Gasteiger partial charge < -0.3 is 15.1 Å². The smallest absolute Gasteiger partial charge is 0.369 e. The average molecular weight is 487 g/mol. The summed E-state index contributed by atoms with van der Waals surface area (Å²) in [6, 6.07) is 10.2. The first-order valence-corrected chi connectivity index (χ1v) is 11.4. The number of carbonyl (C=O) groups is 1. The molecular weight excluding hydrogens is 465 g/mol. The van der Waals surface area contributed by atoms with E-state index in [1.165, 1.54) is 6.07 Å². The molecule has 3 heterocycles. The first-order chi connectivity index (χ1) is 16.3. The molecule has 3 aliphatic rings. The first kappa shape index (κ1) is 22.6. The lowest BCUT2D eigenvalue weighted by Crippen LogP contribution is -2.55. The molecule has 0 radical (unpaired) electrons. The third-order valence-corrected chi connectivity index (χ3v) is 7.11. The van der Waals surface area contributed by atoms with E-state index < -0.39 is 34.6 Å². The number of halogens is 3. The standard InChI is InChI=1S/C23H21F3N6OS/c24-23(25,26)19-17(14-27)29-9-6-18(19)31-20(33)22(7-1-8-22)32(21(31)34)16-4-2-15(3-5-16)30-12-10-28-11-13-30/h2-6,9,28H,1,7-8,10-13H2. The van der Waals surface area contributed by atoms with Gasteiger partial charge in [-0.15, -0.1) is 0 Å². The van der Waals surface area contributed by atoms with Crippen molar-refractivity contribution in [2.75, 3.05) is 40.9 Å². The molecule has 11 heteroatoms. The Kier molecular flexibility index (Phi) is 5.45. The third-order valence-electron chi connectivity index (χ3n) is 6.74. The molecule has 1 amide bonds. The van der Waals surface area contributed by atoms with Crippen molar-refractivity contribution in [3.05, 3.63) is 47.8 Å². The molecule has 2 aromatic rings.